The summed E-state index contributed by atoms with van der Waals surface area (Å²) in [6.45, 7) is 2.06. The second-order valence-corrected chi connectivity index (χ2v) is 4.37. The van der Waals surface area contributed by atoms with Crippen molar-refractivity contribution in [1.29, 1.82) is 0 Å². The van der Waals surface area contributed by atoms with E-state index >= 15 is 0 Å². The molecule has 3 heteroatoms. The Kier molecular flexibility index (Phi) is 2.00. The van der Waals surface area contributed by atoms with Crippen LogP contribution in [0.15, 0.2) is 12.1 Å². The zero-order valence-corrected chi connectivity index (χ0v) is 8.92. The Labute approximate surface area is 85.1 Å². The van der Waals surface area contributed by atoms with Gasteiger partial charge in [0.1, 0.15) is 6.23 Å². The van der Waals surface area contributed by atoms with Crippen molar-refractivity contribution in [3.63, 3.8) is 0 Å². The second kappa shape index (κ2) is 2.88. The van der Waals surface area contributed by atoms with Gasteiger partial charge in [-0.2, -0.15) is 0 Å². The number of aryl methyl sites for hydroxylation is 1. The van der Waals surface area contributed by atoms with E-state index in [2.05, 4.69) is 47.0 Å². The van der Waals surface area contributed by atoms with E-state index in [1.807, 2.05) is 0 Å². The van der Waals surface area contributed by atoms with Crippen LogP contribution in [0.1, 0.15) is 11.1 Å². The van der Waals surface area contributed by atoms with Crippen molar-refractivity contribution in [2.24, 2.45) is 0 Å². The smallest absolute Gasteiger partial charge is 0.128 e. The molecular formula is C9H10INO. The topological polar surface area (TPSA) is 32.3 Å². The number of halogens is 1. The fraction of sp³-hybridized carbons (Fsp3) is 0.333. The molecule has 12 heavy (non-hydrogen) atoms. The van der Waals surface area contributed by atoms with Gasteiger partial charge in [0.15, 0.2) is 0 Å². The lowest BCUT2D eigenvalue weighted by Gasteiger charge is -2.05. The summed E-state index contributed by atoms with van der Waals surface area (Å²) in [4.78, 5) is 0. The Hall–Kier alpha value is -0.290. The number of rotatable bonds is 0. The van der Waals surface area contributed by atoms with Crippen molar-refractivity contribution in [1.82, 2.24) is 0 Å². The zero-order chi connectivity index (χ0) is 8.72. The predicted octanol–water partition coefficient (Wildman–Crippen LogP) is 1.89. The molecule has 0 saturated heterocycles. The SMILES string of the molecule is Cc1cc(I)cc2c1NC(O)C2. The Morgan fingerprint density at radius 1 is 1.58 bits per heavy atom. The monoisotopic (exact) mass is 275 g/mol. The molecule has 1 aromatic carbocycles. The highest BCUT2D eigenvalue weighted by molar-refractivity contribution is 14.1. The molecule has 1 aromatic rings. The van der Waals surface area contributed by atoms with E-state index in [4.69, 9.17) is 0 Å². The zero-order valence-electron chi connectivity index (χ0n) is 6.76. The van der Waals surface area contributed by atoms with Gasteiger partial charge < -0.3 is 10.4 Å². The molecular weight excluding hydrogens is 265 g/mol. The van der Waals surface area contributed by atoms with Gasteiger partial charge in [0.2, 0.25) is 0 Å². The summed E-state index contributed by atoms with van der Waals surface area (Å²) >= 11 is 2.30. The number of nitrogens with one attached hydrogen (secondary N) is 1. The van der Waals surface area contributed by atoms with E-state index in [9.17, 15) is 5.11 Å². The number of fused-ring (bicyclic) bond motifs is 1. The first-order valence-electron chi connectivity index (χ1n) is 3.90. The first-order valence-corrected chi connectivity index (χ1v) is 4.98. The molecule has 0 fully saturated rings. The van der Waals surface area contributed by atoms with Gasteiger partial charge in [-0.15, -0.1) is 0 Å². The lowest BCUT2D eigenvalue weighted by Crippen LogP contribution is -2.13. The van der Waals surface area contributed by atoms with E-state index in [0.717, 1.165) is 12.1 Å². The molecule has 0 saturated carbocycles. The van der Waals surface area contributed by atoms with Gasteiger partial charge in [-0.25, -0.2) is 0 Å². The fourth-order valence-electron chi connectivity index (χ4n) is 1.61. The molecule has 1 aliphatic heterocycles. The van der Waals surface area contributed by atoms with Crippen LogP contribution in [0, 0.1) is 10.5 Å². The highest BCUT2D eigenvalue weighted by Gasteiger charge is 2.19. The quantitative estimate of drug-likeness (QED) is 0.709. The van der Waals surface area contributed by atoms with Crippen LogP contribution in [-0.2, 0) is 6.42 Å². The maximum atomic E-state index is 9.35. The average Bonchev–Trinajstić information content (AvgIpc) is 2.29. The molecule has 0 aromatic heterocycles. The third-order valence-corrected chi connectivity index (χ3v) is 2.73. The highest BCUT2D eigenvalue weighted by atomic mass is 127. The van der Waals surface area contributed by atoms with Crippen molar-refractivity contribution in [3.8, 4) is 0 Å². The minimum Gasteiger partial charge on any atom is -0.373 e. The molecule has 1 atom stereocenters. The molecule has 0 spiro atoms. The third kappa shape index (κ3) is 1.31. The van der Waals surface area contributed by atoms with Gasteiger partial charge in [-0.1, -0.05) is 0 Å². The first kappa shape index (κ1) is 8.31. The third-order valence-electron chi connectivity index (χ3n) is 2.11. The van der Waals surface area contributed by atoms with Gasteiger partial charge in [-0.05, 0) is 52.8 Å². The fourth-order valence-corrected chi connectivity index (χ4v) is 2.45. The van der Waals surface area contributed by atoms with Crippen LogP contribution in [0.3, 0.4) is 0 Å². The second-order valence-electron chi connectivity index (χ2n) is 3.12. The van der Waals surface area contributed by atoms with Gasteiger partial charge in [0.05, 0.1) is 0 Å². The van der Waals surface area contributed by atoms with Crippen molar-refractivity contribution in [3.05, 3.63) is 26.8 Å². The summed E-state index contributed by atoms with van der Waals surface area (Å²) in [7, 11) is 0. The molecule has 0 aliphatic carbocycles. The van der Waals surface area contributed by atoms with Crippen LogP contribution in [0.4, 0.5) is 5.69 Å². The van der Waals surface area contributed by atoms with Crippen molar-refractivity contribution >= 4 is 28.3 Å². The van der Waals surface area contributed by atoms with Crippen LogP contribution in [0.2, 0.25) is 0 Å². The predicted molar refractivity (Wildman–Crippen MR) is 57.2 cm³/mol. The number of aliphatic hydroxyl groups is 1. The number of anilines is 1. The molecule has 2 nitrogen and oxygen atoms in total. The van der Waals surface area contributed by atoms with Gasteiger partial charge in [0, 0.05) is 15.7 Å². The number of hydrogen-bond acceptors (Lipinski definition) is 2. The molecule has 0 amide bonds. The molecule has 64 valence electrons. The van der Waals surface area contributed by atoms with Crippen molar-refractivity contribution < 1.29 is 5.11 Å². The summed E-state index contributed by atoms with van der Waals surface area (Å²) in [5, 5.41) is 12.4. The van der Waals surface area contributed by atoms with E-state index in [-0.39, 0.29) is 0 Å². The van der Waals surface area contributed by atoms with Gasteiger partial charge in [-0.3, -0.25) is 0 Å². The van der Waals surface area contributed by atoms with Crippen molar-refractivity contribution in [2.45, 2.75) is 19.6 Å². The van der Waals surface area contributed by atoms with Crippen LogP contribution in [0.25, 0.3) is 0 Å². The largest absolute Gasteiger partial charge is 0.373 e. The lowest BCUT2D eigenvalue weighted by molar-refractivity contribution is 0.212. The first-order chi connectivity index (χ1) is 5.66. The van der Waals surface area contributed by atoms with E-state index < -0.39 is 6.23 Å². The van der Waals surface area contributed by atoms with Gasteiger partial charge in [0.25, 0.3) is 0 Å². The number of benzene rings is 1. The van der Waals surface area contributed by atoms with Crippen LogP contribution in [0.5, 0.6) is 0 Å². The molecule has 1 heterocycles. The van der Waals surface area contributed by atoms with Crippen molar-refractivity contribution in [2.75, 3.05) is 5.32 Å². The molecule has 0 bridgehead atoms. The summed E-state index contributed by atoms with van der Waals surface area (Å²) in [5.74, 6) is 0. The number of hydrogen-bond donors (Lipinski definition) is 2. The highest BCUT2D eigenvalue weighted by Crippen LogP contribution is 2.30. The minimum absolute atomic E-state index is 0.392. The van der Waals surface area contributed by atoms with Crippen LogP contribution >= 0.6 is 22.6 Å². The summed E-state index contributed by atoms with van der Waals surface area (Å²) in [6.07, 6.45) is 0.337. The lowest BCUT2D eigenvalue weighted by atomic mass is 10.1. The maximum Gasteiger partial charge on any atom is 0.128 e. The van der Waals surface area contributed by atoms with E-state index in [1.165, 1.54) is 14.7 Å². The Morgan fingerprint density at radius 2 is 2.33 bits per heavy atom. The summed E-state index contributed by atoms with van der Waals surface area (Å²) in [6, 6.07) is 4.23. The molecule has 2 N–H and O–H groups in total. The Balaban J connectivity index is 2.52. The maximum absolute atomic E-state index is 9.35. The van der Waals surface area contributed by atoms with Gasteiger partial charge >= 0.3 is 0 Å². The average molecular weight is 275 g/mol. The Morgan fingerprint density at radius 3 is 3.08 bits per heavy atom. The standard InChI is InChI=1S/C9H10INO/c1-5-2-7(10)3-6-4-8(12)11-9(5)6/h2-3,8,11-12H,4H2,1H3. The number of aliphatic hydroxyl groups excluding tert-OH is 1. The normalized spacial score (nSPS) is 20.4. The molecule has 2 rings (SSSR count). The van der Waals surface area contributed by atoms with Crippen LogP contribution in [-0.4, -0.2) is 11.3 Å². The minimum atomic E-state index is -0.392. The molecule has 0 radical (unpaired) electrons. The molecule has 1 aliphatic rings. The Bertz CT molecular complexity index is 325. The molecule has 1 unspecified atom stereocenters. The van der Waals surface area contributed by atoms with Crippen LogP contribution < -0.4 is 5.32 Å². The summed E-state index contributed by atoms with van der Waals surface area (Å²) < 4.78 is 1.24. The van der Waals surface area contributed by atoms with E-state index in [1.54, 1.807) is 0 Å². The summed E-state index contributed by atoms with van der Waals surface area (Å²) in [5.41, 5.74) is 3.56. The van der Waals surface area contributed by atoms with E-state index in [0.29, 0.717) is 0 Å².